The van der Waals surface area contributed by atoms with Gasteiger partial charge in [-0.15, -0.1) is 0 Å². The molecule has 0 atom stereocenters. The molecule has 0 unspecified atom stereocenters. The summed E-state index contributed by atoms with van der Waals surface area (Å²) in [6.07, 6.45) is 5.78. The summed E-state index contributed by atoms with van der Waals surface area (Å²) in [5.74, 6) is 0.310. The van der Waals surface area contributed by atoms with Crippen molar-refractivity contribution in [3.8, 4) is 0 Å². The van der Waals surface area contributed by atoms with Gasteiger partial charge < -0.3 is 14.1 Å². The lowest BCUT2D eigenvalue weighted by Crippen LogP contribution is -2.43. The van der Waals surface area contributed by atoms with Gasteiger partial charge in [-0.1, -0.05) is 56.1 Å². The van der Waals surface area contributed by atoms with Crippen LogP contribution in [0.3, 0.4) is 0 Å². The van der Waals surface area contributed by atoms with E-state index in [-0.39, 0.29) is 32.8 Å². The molecule has 1 saturated carbocycles. The zero-order valence-corrected chi connectivity index (χ0v) is 25.7. The minimum absolute atomic E-state index is 0.0191. The Kier molecular flexibility index (Phi) is 10.4. The second-order valence-electron chi connectivity index (χ2n) is 11.5. The summed E-state index contributed by atoms with van der Waals surface area (Å²) >= 11 is 12.5. The average Bonchev–Trinajstić information content (AvgIpc) is 2.86. The average molecular weight is 581 g/mol. The molecular formula is C28H39Cl2N3O4Si. The van der Waals surface area contributed by atoms with Gasteiger partial charge in [0.2, 0.25) is 0 Å². The van der Waals surface area contributed by atoms with Gasteiger partial charge in [0.05, 0.1) is 13.7 Å². The number of rotatable bonds is 9. The number of benzene rings is 1. The molecule has 2 aromatic rings. The van der Waals surface area contributed by atoms with E-state index >= 15 is 0 Å². The second kappa shape index (κ2) is 12.9. The van der Waals surface area contributed by atoms with Crippen molar-refractivity contribution in [1.82, 2.24) is 9.97 Å². The fourth-order valence-corrected chi connectivity index (χ4v) is 6.07. The third kappa shape index (κ3) is 7.55. The van der Waals surface area contributed by atoms with Crippen molar-refractivity contribution in [2.45, 2.75) is 76.9 Å². The Morgan fingerprint density at radius 2 is 1.61 bits per heavy atom. The van der Waals surface area contributed by atoms with E-state index in [9.17, 15) is 9.59 Å². The highest BCUT2D eigenvalue weighted by Gasteiger charge is 2.37. The minimum Gasteiger partial charge on any atom is -0.469 e. The fraction of sp³-hybridized carbons (Fsp3) is 0.571. The molecule has 208 valence electrons. The Bertz CT molecular complexity index is 1090. The number of amides is 1. The molecule has 1 aliphatic rings. The Labute approximate surface area is 237 Å². The van der Waals surface area contributed by atoms with Crippen LogP contribution in [0.25, 0.3) is 0 Å². The Morgan fingerprint density at radius 3 is 2.13 bits per heavy atom. The van der Waals surface area contributed by atoms with Crippen molar-refractivity contribution in [3.63, 3.8) is 0 Å². The van der Waals surface area contributed by atoms with E-state index in [1.165, 1.54) is 19.0 Å². The molecule has 1 fully saturated rings. The molecule has 1 heterocycles. The fourth-order valence-electron chi connectivity index (χ4n) is 4.56. The highest BCUT2D eigenvalue weighted by Crippen LogP contribution is 2.38. The third-order valence-electron chi connectivity index (χ3n) is 8.00. The molecule has 10 heteroatoms. The first-order valence-corrected chi connectivity index (χ1v) is 16.8. The van der Waals surface area contributed by atoms with Crippen LogP contribution in [0, 0.1) is 5.92 Å². The molecule has 1 amide bonds. The smallest absolute Gasteiger partial charge is 0.305 e. The molecule has 3 rings (SSSR count). The SMILES string of the molecule is COC(=O)C[C@H]1CC[C@H](c2ccc(N(CCO[Si](C)(C)C(C)(C)C)C(=O)c3c(Cl)ncnc3Cl)cc2)CC1. The molecule has 38 heavy (non-hydrogen) atoms. The number of carbonyl (C=O) groups is 2. The van der Waals surface area contributed by atoms with Crippen LogP contribution in [0.4, 0.5) is 5.69 Å². The monoisotopic (exact) mass is 579 g/mol. The summed E-state index contributed by atoms with van der Waals surface area (Å²) in [6, 6.07) is 8.10. The number of anilines is 1. The van der Waals surface area contributed by atoms with Gasteiger partial charge >= 0.3 is 5.97 Å². The van der Waals surface area contributed by atoms with Crippen LogP contribution >= 0.6 is 23.2 Å². The maximum Gasteiger partial charge on any atom is 0.305 e. The van der Waals surface area contributed by atoms with Crippen LogP contribution in [0.2, 0.25) is 28.4 Å². The standard InChI is InChI=1S/C28H39Cl2N3O4Si/c1-28(2,3)38(5,6)37-16-15-33(27(35)24-25(29)31-18-32-26(24)30)22-13-11-21(12-14-22)20-9-7-19(8-10-20)17-23(34)36-4/h11-14,18-20H,7-10,15-17H2,1-6H3/t19-,20-. The van der Waals surface area contributed by atoms with Gasteiger partial charge in [0.15, 0.2) is 8.32 Å². The quantitative estimate of drug-likeness (QED) is 0.176. The predicted octanol–water partition coefficient (Wildman–Crippen LogP) is 7.29. The highest BCUT2D eigenvalue weighted by molar-refractivity contribution is 6.74. The lowest BCUT2D eigenvalue weighted by atomic mass is 9.77. The number of halogens is 2. The van der Waals surface area contributed by atoms with Crippen molar-refractivity contribution in [2.24, 2.45) is 5.92 Å². The molecule has 0 aliphatic heterocycles. The molecule has 1 aromatic heterocycles. The first kappa shape index (κ1) is 30.5. The topological polar surface area (TPSA) is 81.6 Å². The lowest BCUT2D eigenvalue weighted by Gasteiger charge is -2.37. The summed E-state index contributed by atoms with van der Waals surface area (Å²) in [5, 5.41) is 0.0930. The van der Waals surface area contributed by atoms with E-state index in [1.807, 2.05) is 12.1 Å². The number of hydrogen-bond acceptors (Lipinski definition) is 6. The maximum atomic E-state index is 13.7. The summed E-state index contributed by atoms with van der Waals surface area (Å²) < 4.78 is 11.2. The van der Waals surface area contributed by atoms with E-state index in [0.717, 1.165) is 31.4 Å². The van der Waals surface area contributed by atoms with E-state index in [4.69, 9.17) is 32.4 Å². The van der Waals surface area contributed by atoms with Crippen LogP contribution in [0.15, 0.2) is 30.6 Å². The molecule has 0 saturated heterocycles. The molecule has 0 bridgehead atoms. The van der Waals surface area contributed by atoms with Crippen LogP contribution in [-0.2, 0) is 14.0 Å². The molecule has 0 N–H and O–H groups in total. The Morgan fingerprint density at radius 1 is 1.03 bits per heavy atom. The number of ether oxygens (including phenoxy) is 1. The summed E-state index contributed by atoms with van der Waals surface area (Å²) in [5.41, 5.74) is 2.04. The predicted molar refractivity (Wildman–Crippen MR) is 155 cm³/mol. The van der Waals surface area contributed by atoms with Crippen molar-refractivity contribution in [3.05, 3.63) is 52.0 Å². The molecule has 0 spiro atoms. The summed E-state index contributed by atoms with van der Waals surface area (Å²) in [6.45, 7) is 11.7. The number of methoxy groups -OCH3 is 1. The van der Waals surface area contributed by atoms with Crippen LogP contribution < -0.4 is 4.90 Å². The lowest BCUT2D eigenvalue weighted by molar-refractivity contribution is -0.142. The van der Waals surface area contributed by atoms with E-state index < -0.39 is 8.32 Å². The van der Waals surface area contributed by atoms with Crippen LogP contribution in [0.5, 0.6) is 0 Å². The van der Waals surface area contributed by atoms with Gasteiger partial charge in [-0.05, 0) is 73.3 Å². The van der Waals surface area contributed by atoms with Crippen molar-refractivity contribution in [2.75, 3.05) is 25.2 Å². The minimum atomic E-state index is -2.00. The van der Waals surface area contributed by atoms with Crippen molar-refractivity contribution >= 4 is 49.1 Å². The normalized spacial score (nSPS) is 18.2. The van der Waals surface area contributed by atoms with Gasteiger partial charge in [0.1, 0.15) is 22.2 Å². The number of esters is 1. The van der Waals surface area contributed by atoms with Crippen molar-refractivity contribution < 1.29 is 18.8 Å². The number of nitrogens with zero attached hydrogens (tertiary/aromatic N) is 3. The zero-order valence-electron chi connectivity index (χ0n) is 23.2. The Hall–Kier alpha value is -2.00. The van der Waals surface area contributed by atoms with Gasteiger partial charge in [-0.3, -0.25) is 9.59 Å². The third-order valence-corrected chi connectivity index (χ3v) is 13.1. The number of hydrogen-bond donors (Lipinski definition) is 0. The molecule has 0 radical (unpaired) electrons. The van der Waals surface area contributed by atoms with E-state index in [1.54, 1.807) is 4.90 Å². The van der Waals surface area contributed by atoms with Crippen LogP contribution in [-0.4, -0.2) is 50.4 Å². The largest absolute Gasteiger partial charge is 0.469 e. The van der Waals surface area contributed by atoms with E-state index in [0.29, 0.717) is 31.4 Å². The summed E-state index contributed by atoms with van der Waals surface area (Å²) in [7, 11) is -0.562. The molecule has 1 aliphatic carbocycles. The first-order chi connectivity index (χ1) is 17.8. The zero-order chi connectivity index (χ0) is 28.1. The number of aromatic nitrogens is 2. The van der Waals surface area contributed by atoms with Gasteiger partial charge in [-0.2, -0.15) is 0 Å². The maximum absolute atomic E-state index is 13.7. The highest BCUT2D eigenvalue weighted by atomic mass is 35.5. The van der Waals surface area contributed by atoms with Gasteiger partial charge in [0, 0.05) is 18.7 Å². The van der Waals surface area contributed by atoms with Crippen LogP contribution in [0.1, 0.15) is 74.7 Å². The number of carbonyl (C=O) groups excluding carboxylic acids is 2. The van der Waals surface area contributed by atoms with Gasteiger partial charge in [-0.25, -0.2) is 9.97 Å². The second-order valence-corrected chi connectivity index (χ2v) is 17.0. The first-order valence-electron chi connectivity index (χ1n) is 13.1. The molecular weight excluding hydrogens is 541 g/mol. The molecule has 1 aromatic carbocycles. The Balaban J connectivity index is 1.78. The summed E-state index contributed by atoms with van der Waals surface area (Å²) in [4.78, 5) is 34.9. The van der Waals surface area contributed by atoms with Crippen molar-refractivity contribution in [1.29, 1.82) is 0 Å². The van der Waals surface area contributed by atoms with E-state index in [2.05, 4.69) is 56.0 Å². The molecule has 7 nitrogen and oxygen atoms in total. The van der Waals surface area contributed by atoms with Gasteiger partial charge in [0.25, 0.3) is 5.91 Å².